The lowest BCUT2D eigenvalue weighted by atomic mass is 10.0. The molecule has 12 heavy (non-hydrogen) atoms. The van der Waals surface area contributed by atoms with Crippen LogP contribution in [0.25, 0.3) is 0 Å². The maximum atomic E-state index is 10.7. The summed E-state index contributed by atoms with van der Waals surface area (Å²) < 4.78 is 5.19. The van der Waals surface area contributed by atoms with E-state index >= 15 is 0 Å². The molecule has 0 fully saturated rings. The standard InChI is InChI=1S/C9H8O3/c10-9(11)7-5-12-8-4-2-1-3-6(7)8/h1-4,7H,5H2,(H,10,11)/t7-/m0/s1. The van der Waals surface area contributed by atoms with E-state index in [1.54, 1.807) is 12.1 Å². The van der Waals surface area contributed by atoms with Crippen LogP contribution < -0.4 is 4.74 Å². The highest BCUT2D eigenvalue weighted by Gasteiger charge is 2.29. The van der Waals surface area contributed by atoms with Gasteiger partial charge < -0.3 is 9.84 Å². The van der Waals surface area contributed by atoms with E-state index in [9.17, 15) is 4.79 Å². The molecule has 2 rings (SSSR count). The number of ether oxygens (including phenoxy) is 1. The number of rotatable bonds is 1. The molecule has 1 aliphatic rings. The van der Waals surface area contributed by atoms with Gasteiger partial charge in [0.15, 0.2) is 0 Å². The predicted octanol–water partition coefficient (Wildman–Crippen LogP) is 1.25. The number of carboxylic acid groups (broad SMARTS) is 1. The van der Waals surface area contributed by atoms with E-state index in [0.29, 0.717) is 5.75 Å². The smallest absolute Gasteiger partial charge is 0.314 e. The van der Waals surface area contributed by atoms with Crippen LogP contribution in [0.1, 0.15) is 11.5 Å². The Kier molecular flexibility index (Phi) is 1.50. The van der Waals surface area contributed by atoms with Crippen molar-refractivity contribution in [1.82, 2.24) is 0 Å². The van der Waals surface area contributed by atoms with Crippen molar-refractivity contribution in [3.8, 4) is 5.75 Å². The molecule has 0 aromatic heterocycles. The van der Waals surface area contributed by atoms with Crippen molar-refractivity contribution in [1.29, 1.82) is 0 Å². The van der Waals surface area contributed by atoms with Crippen molar-refractivity contribution in [2.45, 2.75) is 5.92 Å². The summed E-state index contributed by atoms with van der Waals surface area (Å²) in [5.74, 6) is -0.606. The number of aliphatic carboxylic acids is 1. The highest BCUT2D eigenvalue weighted by atomic mass is 16.5. The highest BCUT2D eigenvalue weighted by molar-refractivity contribution is 5.78. The van der Waals surface area contributed by atoms with Gasteiger partial charge in [-0.15, -0.1) is 0 Å². The minimum Gasteiger partial charge on any atom is -0.492 e. The van der Waals surface area contributed by atoms with Gasteiger partial charge >= 0.3 is 5.97 Å². The number of para-hydroxylation sites is 1. The molecule has 0 saturated carbocycles. The van der Waals surface area contributed by atoms with Crippen molar-refractivity contribution in [3.05, 3.63) is 29.8 Å². The lowest BCUT2D eigenvalue weighted by Gasteiger charge is -1.99. The topological polar surface area (TPSA) is 46.5 Å². The van der Waals surface area contributed by atoms with Gasteiger partial charge in [0.25, 0.3) is 0 Å². The summed E-state index contributed by atoms with van der Waals surface area (Å²) in [6.45, 7) is 0.259. The Labute approximate surface area is 69.6 Å². The zero-order valence-corrected chi connectivity index (χ0v) is 6.36. The van der Waals surface area contributed by atoms with Crippen LogP contribution in [0.4, 0.5) is 0 Å². The van der Waals surface area contributed by atoms with Crippen molar-refractivity contribution >= 4 is 5.97 Å². The molecule has 0 radical (unpaired) electrons. The first-order valence-corrected chi connectivity index (χ1v) is 3.73. The Bertz CT molecular complexity index is 319. The average molecular weight is 164 g/mol. The average Bonchev–Trinajstić information content (AvgIpc) is 2.47. The van der Waals surface area contributed by atoms with Gasteiger partial charge in [-0.2, -0.15) is 0 Å². The number of benzene rings is 1. The fourth-order valence-electron chi connectivity index (χ4n) is 1.37. The Hall–Kier alpha value is -1.51. The Morgan fingerprint density at radius 1 is 1.50 bits per heavy atom. The first-order valence-electron chi connectivity index (χ1n) is 3.73. The predicted molar refractivity (Wildman–Crippen MR) is 42.3 cm³/mol. The second-order valence-electron chi connectivity index (χ2n) is 2.74. The van der Waals surface area contributed by atoms with Gasteiger partial charge in [-0.05, 0) is 6.07 Å². The third kappa shape index (κ3) is 0.942. The molecule has 1 aromatic carbocycles. The highest BCUT2D eigenvalue weighted by Crippen LogP contribution is 2.33. The Balaban J connectivity index is 2.42. The zero-order valence-electron chi connectivity index (χ0n) is 6.36. The lowest BCUT2D eigenvalue weighted by Crippen LogP contribution is -2.12. The van der Waals surface area contributed by atoms with Crippen LogP contribution in [-0.2, 0) is 4.79 Å². The van der Waals surface area contributed by atoms with E-state index in [1.807, 2.05) is 12.1 Å². The molecule has 0 bridgehead atoms. The number of hydrogen-bond acceptors (Lipinski definition) is 2. The molecule has 0 spiro atoms. The molecule has 3 nitrogen and oxygen atoms in total. The van der Waals surface area contributed by atoms with Crippen LogP contribution in [-0.4, -0.2) is 17.7 Å². The molecule has 3 heteroatoms. The molecule has 62 valence electrons. The van der Waals surface area contributed by atoms with Crippen LogP contribution in [0.2, 0.25) is 0 Å². The fourth-order valence-corrected chi connectivity index (χ4v) is 1.37. The molecular formula is C9H8O3. The Morgan fingerprint density at radius 3 is 3.00 bits per heavy atom. The van der Waals surface area contributed by atoms with Gasteiger partial charge in [0.1, 0.15) is 18.3 Å². The van der Waals surface area contributed by atoms with Gasteiger partial charge in [0, 0.05) is 5.56 Å². The first kappa shape index (κ1) is 7.16. The van der Waals surface area contributed by atoms with Crippen LogP contribution in [0, 0.1) is 0 Å². The van der Waals surface area contributed by atoms with Gasteiger partial charge in [-0.3, -0.25) is 4.79 Å². The van der Waals surface area contributed by atoms with E-state index in [0.717, 1.165) is 5.56 Å². The van der Waals surface area contributed by atoms with E-state index in [1.165, 1.54) is 0 Å². The van der Waals surface area contributed by atoms with Gasteiger partial charge in [-0.1, -0.05) is 18.2 Å². The second-order valence-corrected chi connectivity index (χ2v) is 2.74. The first-order chi connectivity index (χ1) is 5.79. The SMILES string of the molecule is O=C(O)[C@H]1COc2ccccc21. The third-order valence-corrected chi connectivity index (χ3v) is 2.00. The Morgan fingerprint density at radius 2 is 2.25 bits per heavy atom. The monoisotopic (exact) mass is 164 g/mol. The quantitative estimate of drug-likeness (QED) is 0.679. The number of carboxylic acids is 1. The minimum absolute atomic E-state index is 0.259. The molecular weight excluding hydrogens is 156 g/mol. The van der Waals surface area contributed by atoms with E-state index < -0.39 is 11.9 Å². The van der Waals surface area contributed by atoms with Crippen molar-refractivity contribution in [3.63, 3.8) is 0 Å². The minimum atomic E-state index is -0.819. The summed E-state index contributed by atoms with van der Waals surface area (Å²) in [6.07, 6.45) is 0. The fraction of sp³-hybridized carbons (Fsp3) is 0.222. The summed E-state index contributed by atoms with van der Waals surface area (Å²) in [6, 6.07) is 7.24. The second kappa shape index (κ2) is 2.52. The summed E-state index contributed by atoms with van der Waals surface area (Å²) >= 11 is 0. The molecule has 1 aromatic rings. The normalized spacial score (nSPS) is 19.8. The summed E-state index contributed by atoms with van der Waals surface area (Å²) in [5, 5.41) is 8.78. The van der Waals surface area contributed by atoms with Gasteiger partial charge in [0.05, 0.1) is 0 Å². The molecule has 0 saturated heterocycles. The molecule has 0 unspecified atom stereocenters. The van der Waals surface area contributed by atoms with Crippen LogP contribution >= 0.6 is 0 Å². The van der Waals surface area contributed by atoms with Crippen LogP contribution in [0.5, 0.6) is 5.75 Å². The lowest BCUT2D eigenvalue weighted by molar-refractivity contribution is -0.138. The summed E-state index contributed by atoms with van der Waals surface area (Å²) in [4.78, 5) is 10.7. The van der Waals surface area contributed by atoms with Crippen molar-refractivity contribution in [2.75, 3.05) is 6.61 Å². The third-order valence-electron chi connectivity index (χ3n) is 2.00. The molecule has 1 atom stereocenters. The van der Waals surface area contributed by atoms with Gasteiger partial charge in [0.2, 0.25) is 0 Å². The van der Waals surface area contributed by atoms with Gasteiger partial charge in [-0.25, -0.2) is 0 Å². The molecule has 0 aliphatic carbocycles. The zero-order chi connectivity index (χ0) is 8.55. The maximum Gasteiger partial charge on any atom is 0.314 e. The molecule has 1 N–H and O–H groups in total. The molecule has 1 aliphatic heterocycles. The number of carbonyl (C=O) groups is 1. The summed E-state index contributed by atoms with van der Waals surface area (Å²) in [5.41, 5.74) is 0.782. The number of fused-ring (bicyclic) bond motifs is 1. The number of hydrogen-bond donors (Lipinski definition) is 1. The van der Waals surface area contributed by atoms with E-state index in [4.69, 9.17) is 9.84 Å². The van der Waals surface area contributed by atoms with Crippen LogP contribution in [0.15, 0.2) is 24.3 Å². The van der Waals surface area contributed by atoms with Crippen molar-refractivity contribution in [2.24, 2.45) is 0 Å². The molecule has 1 heterocycles. The maximum absolute atomic E-state index is 10.7. The van der Waals surface area contributed by atoms with Crippen LogP contribution in [0.3, 0.4) is 0 Å². The summed E-state index contributed by atoms with van der Waals surface area (Å²) in [7, 11) is 0. The largest absolute Gasteiger partial charge is 0.492 e. The van der Waals surface area contributed by atoms with E-state index in [2.05, 4.69) is 0 Å². The van der Waals surface area contributed by atoms with Crippen molar-refractivity contribution < 1.29 is 14.6 Å². The van der Waals surface area contributed by atoms with E-state index in [-0.39, 0.29) is 6.61 Å². The molecule has 0 amide bonds.